The SMILES string of the molecule is CCCCCCCCCC(=O)OCC(C)(C)CCCCCN(CCO)CCCCCCC(=O)OCCC(CCCCCCC)CCCCCCC. The second-order valence-electron chi connectivity index (χ2n) is 16.5. The van der Waals surface area contributed by atoms with Gasteiger partial charge in [0, 0.05) is 19.4 Å². The molecule has 0 unspecified atom stereocenters. The molecule has 1 N–H and O–H groups in total. The normalized spacial score (nSPS) is 11.9. The fraction of sp³-hybridized carbons (Fsp3) is 0.956. The maximum atomic E-state index is 12.4. The van der Waals surface area contributed by atoms with E-state index in [1.54, 1.807) is 0 Å². The lowest BCUT2D eigenvalue weighted by Crippen LogP contribution is -2.29. The van der Waals surface area contributed by atoms with Crippen molar-refractivity contribution in [2.75, 3.05) is 39.5 Å². The summed E-state index contributed by atoms with van der Waals surface area (Å²) >= 11 is 0. The van der Waals surface area contributed by atoms with Crippen molar-refractivity contribution in [1.82, 2.24) is 4.90 Å². The molecule has 0 aromatic heterocycles. The molecule has 6 nitrogen and oxygen atoms in total. The number of nitrogens with zero attached hydrogens (tertiary/aromatic N) is 1. The molecule has 0 fully saturated rings. The molecule has 0 bridgehead atoms. The number of rotatable bonds is 40. The zero-order valence-corrected chi connectivity index (χ0v) is 35.1. The van der Waals surface area contributed by atoms with Crippen LogP contribution in [0.1, 0.15) is 227 Å². The van der Waals surface area contributed by atoms with E-state index in [2.05, 4.69) is 39.5 Å². The average Bonchev–Trinajstić information content (AvgIpc) is 3.11. The highest BCUT2D eigenvalue weighted by Crippen LogP contribution is 2.25. The Morgan fingerprint density at radius 3 is 1.47 bits per heavy atom. The first-order chi connectivity index (χ1) is 24.8. The van der Waals surface area contributed by atoms with Crippen molar-refractivity contribution in [3.05, 3.63) is 0 Å². The molecule has 0 aromatic rings. The Kier molecular flexibility index (Phi) is 36.4. The minimum absolute atomic E-state index is 0.0105. The molecular formula is C45H89NO5. The van der Waals surface area contributed by atoms with Gasteiger partial charge in [0.1, 0.15) is 0 Å². The number of hydrogen-bond acceptors (Lipinski definition) is 6. The number of esters is 2. The smallest absolute Gasteiger partial charge is 0.305 e. The number of ether oxygens (including phenoxy) is 2. The third-order valence-corrected chi connectivity index (χ3v) is 10.7. The molecule has 0 spiro atoms. The quantitative estimate of drug-likeness (QED) is 0.0501. The van der Waals surface area contributed by atoms with Gasteiger partial charge in [-0.05, 0) is 62.9 Å². The van der Waals surface area contributed by atoms with Crippen LogP contribution >= 0.6 is 0 Å². The van der Waals surface area contributed by atoms with Crippen LogP contribution in [0, 0.1) is 11.3 Å². The number of carbonyl (C=O) groups is 2. The molecule has 0 atom stereocenters. The van der Waals surface area contributed by atoms with Crippen molar-refractivity contribution in [2.24, 2.45) is 11.3 Å². The zero-order valence-electron chi connectivity index (χ0n) is 35.1. The van der Waals surface area contributed by atoms with Gasteiger partial charge in [-0.1, -0.05) is 176 Å². The summed E-state index contributed by atoms with van der Waals surface area (Å²) in [5.41, 5.74) is 0.0105. The first-order valence-corrected chi connectivity index (χ1v) is 22.4. The van der Waals surface area contributed by atoms with Crippen LogP contribution < -0.4 is 0 Å². The summed E-state index contributed by atoms with van der Waals surface area (Å²) in [7, 11) is 0. The molecule has 0 aliphatic carbocycles. The van der Waals surface area contributed by atoms with Crippen LogP contribution in [0.3, 0.4) is 0 Å². The van der Waals surface area contributed by atoms with E-state index in [1.165, 1.54) is 109 Å². The number of aliphatic hydroxyl groups is 1. The lowest BCUT2D eigenvalue weighted by Gasteiger charge is -2.25. The van der Waals surface area contributed by atoms with Crippen LogP contribution in [-0.4, -0.2) is 61.4 Å². The molecule has 0 aliphatic rings. The minimum Gasteiger partial charge on any atom is -0.466 e. The Hall–Kier alpha value is -1.14. The summed E-state index contributed by atoms with van der Waals surface area (Å²) in [5, 5.41) is 9.58. The molecule has 6 heteroatoms. The standard InChI is InChI=1S/C45H89NO5/c1-6-9-12-15-16-19-25-33-44(49)51-41-45(4,5)35-27-22-29-37-46(38-39-47)36-28-21-20-26-32-43(48)50-40-34-42(30-23-17-13-10-7-2)31-24-18-14-11-8-3/h42,47H,6-41H2,1-5H3. The van der Waals surface area contributed by atoms with E-state index in [4.69, 9.17) is 9.47 Å². The Bertz CT molecular complexity index is 743. The minimum atomic E-state index is -0.0397. The number of hydrogen-bond donors (Lipinski definition) is 1. The largest absolute Gasteiger partial charge is 0.466 e. The van der Waals surface area contributed by atoms with E-state index in [9.17, 15) is 14.7 Å². The fourth-order valence-electron chi connectivity index (χ4n) is 7.12. The van der Waals surface area contributed by atoms with Gasteiger partial charge in [-0.2, -0.15) is 0 Å². The van der Waals surface area contributed by atoms with Crippen LogP contribution in [0.15, 0.2) is 0 Å². The van der Waals surface area contributed by atoms with Crippen molar-refractivity contribution < 1.29 is 24.2 Å². The van der Waals surface area contributed by atoms with Crippen LogP contribution in [0.5, 0.6) is 0 Å². The highest BCUT2D eigenvalue weighted by atomic mass is 16.5. The van der Waals surface area contributed by atoms with E-state index < -0.39 is 0 Å². The maximum absolute atomic E-state index is 12.4. The molecule has 0 saturated carbocycles. The predicted molar refractivity (Wildman–Crippen MR) is 218 cm³/mol. The van der Waals surface area contributed by atoms with Gasteiger partial charge >= 0.3 is 11.9 Å². The molecular weight excluding hydrogens is 634 g/mol. The van der Waals surface area contributed by atoms with Gasteiger partial charge in [-0.3, -0.25) is 9.59 Å². The van der Waals surface area contributed by atoms with E-state index in [0.717, 1.165) is 90.3 Å². The van der Waals surface area contributed by atoms with E-state index in [1.807, 2.05) is 0 Å². The summed E-state index contributed by atoms with van der Waals surface area (Å²) in [4.78, 5) is 27.0. The lowest BCUT2D eigenvalue weighted by atomic mass is 9.88. The summed E-state index contributed by atoms with van der Waals surface area (Å²) in [6, 6.07) is 0. The molecule has 0 saturated heterocycles. The van der Waals surface area contributed by atoms with Crippen molar-refractivity contribution in [3.63, 3.8) is 0 Å². The Labute approximate surface area is 318 Å². The Balaban J connectivity index is 4.04. The molecule has 51 heavy (non-hydrogen) atoms. The third-order valence-electron chi connectivity index (χ3n) is 10.7. The van der Waals surface area contributed by atoms with E-state index in [-0.39, 0.29) is 24.0 Å². The number of carbonyl (C=O) groups excluding carboxylic acids is 2. The number of aliphatic hydroxyl groups excluding tert-OH is 1. The lowest BCUT2D eigenvalue weighted by molar-refractivity contribution is -0.147. The van der Waals surface area contributed by atoms with Gasteiger partial charge in [0.2, 0.25) is 0 Å². The molecule has 0 rings (SSSR count). The first-order valence-electron chi connectivity index (χ1n) is 22.4. The van der Waals surface area contributed by atoms with Crippen LogP contribution in [0.2, 0.25) is 0 Å². The average molecular weight is 724 g/mol. The monoisotopic (exact) mass is 724 g/mol. The highest BCUT2D eigenvalue weighted by molar-refractivity contribution is 5.69. The fourth-order valence-corrected chi connectivity index (χ4v) is 7.12. The van der Waals surface area contributed by atoms with Gasteiger partial charge in [0.05, 0.1) is 19.8 Å². The second-order valence-corrected chi connectivity index (χ2v) is 16.5. The van der Waals surface area contributed by atoms with Gasteiger partial charge in [0.15, 0.2) is 0 Å². The molecule has 0 heterocycles. The molecule has 0 aliphatic heterocycles. The highest BCUT2D eigenvalue weighted by Gasteiger charge is 2.20. The predicted octanol–water partition coefficient (Wildman–Crippen LogP) is 12.8. The maximum Gasteiger partial charge on any atom is 0.305 e. The second kappa shape index (κ2) is 37.2. The molecule has 304 valence electrons. The van der Waals surface area contributed by atoms with Gasteiger partial charge < -0.3 is 19.5 Å². The van der Waals surface area contributed by atoms with Crippen LogP contribution in [-0.2, 0) is 19.1 Å². The first kappa shape index (κ1) is 49.9. The van der Waals surface area contributed by atoms with Crippen molar-refractivity contribution in [1.29, 1.82) is 0 Å². The van der Waals surface area contributed by atoms with Gasteiger partial charge in [0.25, 0.3) is 0 Å². The summed E-state index contributed by atoms with van der Waals surface area (Å²) in [6.07, 6.45) is 35.1. The molecule has 0 radical (unpaired) electrons. The summed E-state index contributed by atoms with van der Waals surface area (Å²) < 4.78 is 11.3. The van der Waals surface area contributed by atoms with Crippen LogP contribution in [0.4, 0.5) is 0 Å². The van der Waals surface area contributed by atoms with Crippen LogP contribution in [0.25, 0.3) is 0 Å². The summed E-state index contributed by atoms with van der Waals surface area (Å²) in [6.45, 7) is 15.2. The molecule has 0 amide bonds. The van der Waals surface area contributed by atoms with E-state index >= 15 is 0 Å². The topological polar surface area (TPSA) is 76.1 Å². The number of unbranched alkanes of at least 4 members (excludes halogenated alkanes) is 19. The zero-order chi connectivity index (χ0) is 37.7. The third kappa shape index (κ3) is 35.6. The Morgan fingerprint density at radius 2 is 0.961 bits per heavy atom. The summed E-state index contributed by atoms with van der Waals surface area (Å²) in [5.74, 6) is 0.643. The van der Waals surface area contributed by atoms with Crippen molar-refractivity contribution >= 4 is 11.9 Å². The van der Waals surface area contributed by atoms with Crippen molar-refractivity contribution in [3.8, 4) is 0 Å². The molecule has 0 aromatic carbocycles. The van der Waals surface area contributed by atoms with Gasteiger partial charge in [-0.15, -0.1) is 0 Å². The van der Waals surface area contributed by atoms with Crippen molar-refractivity contribution in [2.45, 2.75) is 227 Å². The Morgan fingerprint density at radius 1 is 0.529 bits per heavy atom. The van der Waals surface area contributed by atoms with E-state index in [0.29, 0.717) is 32.0 Å². The van der Waals surface area contributed by atoms with Gasteiger partial charge in [-0.25, -0.2) is 0 Å².